The highest BCUT2D eigenvalue weighted by molar-refractivity contribution is 7.89. The lowest BCUT2D eigenvalue weighted by atomic mass is 10.0. The van der Waals surface area contributed by atoms with Crippen LogP contribution < -0.4 is 5.32 Å². The van der Waals surface area contributed by atoms with E-state index in [4.69, 9.17) is 0 Å². The van der Waals surface area contributed by atoms with Gasteiger partial charge in [0.25, 0.3) is 0 Å². The molecule has 3 rings (SSSR count). The van der Waals surface area contributed by atoms with Gasteiger partial charge in [-0.3, -0.25) is 9.69 Å². The number of piperidine rings is 1. The largest absolute Gasteiger partial charge is 0.308 e. The minimum Gasteiger partial charge on any atom is -0.308 e. The zero-order valence-corrected chi connectivity index (χ0v) is 18.6. The van der Waals surface area contributed by atoms with Crippen molar-refractivity contribution in [2.45, 2.75) is 30.2 Å². The summed E-state index contributed by atoms with van der Waals surface area (Å²) in [5.74, 6) is -0.115. The molecule has 162 valence electrons. The van der Waals surface area contributed by atoms with Gasteiger partial charge in [-0.2, -0.15) is 0 Å². The lowest BCUT2D eigenvalue weighted by Crippen LogP contribution is -2.40. The summed E-state index contributed by atoms with van der Waals surface area (Å²) in [7, 11) is -0.600. The predicted octanol–water partition coefficient (Wildman–Crippen LogP) is 2.94. The number of sulfonamides is 1. The molecule has 7 heteroatoms. The molecule has 1 saturated heterocycles. The molecule has 1 fully saturated rings. The van der Waals surface area contributed by atoms with Gasteiger partial charge in [0.05, 0.1) is 11.4 Å². The van der Waals surface area contributed by atoms with Crippen LogP contribution in [0, 0.1) is 0 Å². The molecule has 1 atom stereocenters. The summed E-state index contributed by atoms with van der Waals surface area (Å²) >= 11 is 0. The Morgan fingerprint density at radius 1 is 1.03 bits per heavy atom. The first kappa shape index (κ1) is 22.6. The lowest BCUT2D eigenvalue weighted by molar-refractivity contribution is 0.0983. The number of Topliss-reactive ketones (excluding diaryl/α,β-unsaturated/α-hetero) is 1. The quantitative estimate of drug-likeness (QED) is 0.621. The number of hydrogen-bond acceptors (Lipinski definition) is 5. The van der Waals surface area contributed by atoms with E-state index in [9.17, 15) is 13.2 Å². The van der Waals surface area contributed by atoms with Gasteiger partial charge in [0.15, 0.2) is 5.78 Å². The van der Waals surface area contributed by atoms with E-state index in [0.717, 1.165) is 17.4 Å². The van der Waals surface area contributed by atoms with Crippen LogP contribution in [0.25, 0.3) is 0 Å². The number of benzene rings is 2. The lowest BCUT2D eigenvalue weighted by Gasteiger charge is -2.35. The van der Waals surface area contributed by atoms with Crippen LogP contribution >= 0.6 is 0 Å². The highest BCUT2D eigenvalue weighted by Crippen LogP contribution is 2.24. The molecule has 30 heavy (non-hydrogen) atoms. The number of nitrogens with one attached hydrogen (secondary N) is 1. The van der Waals surface area contributed by atoms with Crippen LogP contribution in [0.5, 0.6) is 0 Å². The highest BCUT2D eigenvalue weighted by Gasteiger charge is 2.23. The molecule has 1 heterocycles. The van der Waals surface area contributed by atoms with Gasteiger partial charge in [-0.15, -0.1) is 0 Å². The zero-order chi connectivity index (χ0) is 21.6. The van der Waals surface area contributed by atoms with E-state index in [1.54, 1.807) is 12.1 Å². The van der Waals surface area contributed by atoms with E-state index in [-0.39, 0.29) is 23.3 Å². The molecular formula is C23H31N3O3S. The van der Waals surface area contributed by atoms with E-state index in [2.05, 4.69) is 22.3 Å². The van der Waals surface area contributed by atoms with Gasteiger partial charge in [-0.1, -0.05) is 48.9 Å². The monoisotopic (exact) mass is 429 g/mol. The summed E-state index contributed by atoms with van der Waals surface area (Å²) in [6.07, 6.45) is 3.68. The van der Waals surface area contributed by atoms with Crippen molar-refractivity contribution in [2.75, 3.05) is 40.3 Å². The van der Waals surface area contributed by atoms with Crippen molar-refractivity contribution in [1.29, 1.82) is 0 Å². The molecule has 2 aromatic carbocycles. The van der Waals surface area contributed by atoms with Gasteiger partial charge >= 0.3 is 0 Å². The second kappa shape index (κ2) is 10.3. The van der Waals surface area contributed by atoms with E-state index in [1.807, 2.05) is 18.2 Å². The van der Waals surface area contributed by atoms with Crippen molar-refractivity contribution >= 4 is 15.8 Å². The molecule has 2 aromatic rings. The van der Waals surface area contributed by atoms with Crippen LogP contribution in [0.2, 0.25) is 0 Å². The van der Waals surface area contributed by atoms with Crippen molar-refractivity contribution in [3.8, 4) is 0 Å². The highest BCUT2D eigenvalue weighted by atomic mass is 32.2. The van der Waals surface area contributed by atoms with Crippen molar-refractivity contribution in [3.05, 3.63) is 65.7 Å². The maximum Gasteiger partial charge on any atom is 0.242 e. The third-order valence-corrected chi connectivity index (χ3v) is 7.38. The second-order valence-corrected chi connectivity index (χ2v) is 10.0. The summed E-state index contributed by atoms with van der Waals surface area (Å²) in [6.45, 7) is 2.98. The van der Waals surface area contributed by atoms with E-state index < -0.39 is 10.0 Å². The fourth-order valence-electron chi connectivity index (χ4n) is 3.83. The van der Waals surface area contributed by atoms with Crippen LogP contribution in [-0.4, -0.2) is 63.7 Å². The molecule has 0 spiro atoms. The number of hydrogen-bond donors (Lipinski definition) is 1. The van der Waals surface area contributed by atoms with Crippen molar-refractivity contribution < 1.29 is 13.2 Å². The first-order valence-electron chi connectivity index (χ1n) is 10.4. The van der Waals surface area contributed by atoms with Crippen molar-refractivity contribution in [1.82, 2.24) is 14.5 Å². The SMILES string of the molecule is CN(C)S(=O)(=O)c1cccc(C(=O)CNCC(c2ccccc2)N2CCCCC2)c1. The minimum absolute atomic E-state index is 0.115. The summed E-state index contributed by atoms with van der Waals surface area (Å²) in [5, 5.41) is 3.31. The van der Waals surface area contributed by atoms with Gasteiger partial charge in [0, 0.05) is 32.2 Å². The van der Waals surface area contributed by atoms with Crippen LogP contribution in [0.4, 0.5) is 0 Å². The topological polar surface area (TPSA) is 69.7 Å². The molecule has 6 nitrogen and oxygen atoms in total. The average Bonchev–Trinajstić information content (AvgIpc) is 2.77. The average molecular weight is 430 g/mol. The Morgan fingerprint density at radius 2 is 1.73 bits per heavy atom. The Labute approximate surface area is 179 Å². The molecule has 0 radical (unpaired) electrons. The second-order valence-electron chi connectivity index (χ2n) is 7.89. The molecule has 0 aliphatic carbocycles. The molecule has 1 aliphatic rings. The summed E-state index contributed by atoms with van der Waals surface area (Å²) in [4.78, 5) is 15.3. The van der Waals surface area contributed by atoms with Crippen LogP contribution in [0.1, 0.15) is 41.2 Å². The molecule has 0 saturated carbocycles. The fourth-order valence-corrected chi connectivity index (χ4v) is 4.78. The zero-order valence-electron chi connectivity index (χ0n) is 17.8. The van der Waals surface area contributed by atoms with E-state index in [1.165, 1.54) is 51.1 Å². The van der Waals surface area contributed by atoms with Gasteiger partial charge in [-0.05, 0) is 43.6 Å². The summed E-state index contributed by atoms with van der Waals surface area (Å²) in [6, 6.07) is 16.9. The fraction of sp³-hybridized carbons (Fsp3) is 0.435. The standard InChI is InChI=1S/C23H31N3O3S/c1-25(2)30(28,29)21-13-9-12-20(16-21)23(27)18-24-17-22(19-10-5-3-6-11-19)26-14-7-4-8-15-26/h3,5-6,9-13,16,22,24H,4,7-8,14-15,17-18H2,1-2H3. The van der Waals surface area contributed by atoms with Gasteiger partial charge < -0.3 is 5.32 Å². The van der Waals surface area contributed by atoms with Gasteiger partial charge in [0.2, 0.25) is 10.0 Å². The Morgan fingerprint density at radius 3 is 2.40 bits per heavy atom. The van der Waals surface area contributed by atoms with E-state index >= 15 is 0 Å². The number of likely N-dealkylation sites (tertiary alicyclic amines) is 1. The summed E-state index contributed by atoms with van der Waals surface area (Å²) in [5.41, 5.74) is 1.65. The van der Waals surface area contributed by atoms with Gasteiger partial charge in [-0.25, -0.2) is 12.7 Å². The molecule has 0 aromatic heterocycles. The minimum atomic E-state index is -3.56. The number of ketones is 1. The summed E-state index contributed by atoms with van der Waals surface area (Å²) < 4.78 is 25.8. The number of rotatable bonds is 9. The third kappa shape index (κ3) is 5.55. The Kier molecular flexibility index (Phi) is 7.77. The maximum atomic E-state index is 12.7. The van der Waals surface area contributed by atoms with E-state index in [0.29, 0.717) is 12.1 Å². The molecule has 1 unspecified atom stereocenters. The molecule has 0 bridgehead atoms. The molecule has 1 N–H and O–H groups in total. The predicted molar refractivity (Wildman–Crippen MR) is 119 cm³/mol. The Hall–Kier alpha value is -2.06. The van der Waals surface area contributed by atoms with Crippen LogP contribution in [-0.2, 0) is 10.0 Å². The number of carbonyl (C=O) groups is 1. The maximum absolute atomic E-state index is 12.7. The Bertz CT molecular complexity index is 939. The van der Waals surface area contributed by atoms with Gasteiger partial charge in [0.1, 0.15) is 0 Å². The van der Waals surface area contributed by atoms with Crippen LogP contribution in [0.15, 0.2) is 59.5 Å². The first-order chi connectivity index (χ1) is 14.4. The number of carbonyl (C=O) groups excluding carboxylic acids is 1. The smallest absolute Gasteiger partial charge is 0.242 e. The molecular weight excluding hydrogens is 398 g/mol. The Balaban J connectivity index is 1.66. The molecule has 1 aliphatic heterocycles. The van der Waals surface area contributed by atoms with Crippen molar-refractivity contribution in [2.24, 2.45) is 0 Å². The molecule has 0 amide bonds. The first-order valence-corrected chi connectivity index (χ1v) is 11.9. The van der Waals surface area contributed by atoms with Crippen LogP contribution in [0.3, 0.4) is 0 Å². The number of nitrogens with zero attached hydrogens (tertiary/aromatic N) is 2. The van der Waals surface area contributed by atoms with Crippen molar-refractivity contribution in [3.63, 3.8) is 0 Å². The normalized spacial score (nSPS) is 16.5. The third-order valence-electron chi connectivity index (χ3n) is 5.57.